The fourth-order valence-electron chi connectivity index (χ4n) is 1.87. The van der Waals surface area contributed by atoms with Gasteiger partial charge in [-0.2, -0.15) is 4.98 Å². The molecule has 6 heteroatoms. The second kappa shape index (κ2) is 6.39. The van der Waals surface area contributed by atoms with E-state index in [4.69, 9.17) is 13.9 Å². The second-order valence-electron chi connectivity index (χ2n) is 4.11. The van der Waals surface area contributed by atoms with Crippen LogP contribution in [-0.2, 0) is 9.47 Å². The second-order valence-corrected chi connectivity index (χ2v) is 4.11. The van der Waals surface area contributed by atoms with Gasteiger partial charge in [0.1, 0.15) is 6.26 Å². The highest BCUT2D eigenvalue weighted by Gasteiger charge is 2.16. The highest BCUT2D eigenvalue weighted by Crippen LogP contribution is 2.15. The van der Waals surface area contributed by atoms with Crippen LogP contribution >= 0.6 is 0 Å². The molecule has 2 heterocycles. The number of hydrogen-bond donors (Lipinski definition) is 1. The molecule has 1 aliphatic heterocycles. The molecule has 0 saturated carbocycles. The van der Waals surface area contributed by atoms with Crippen molar-refractivity contribution in [3.63, 3.8) is 0 Å². The van der Waals surface area contributed by atoms with Crippen LogP contribution in [0.1, 0.15) is 36.7 Å². The molecule has 1 aromatic rings. The van der Waals surface area contributed by atoms with Crippen molar-refractivity contribution in [2.75, 3.05) is 25.1 Å². The molecular formula is C12H18N2O4. The van der Waals surface area contributed by atoms with Gasteiger partial charge in [0.15, 0.2) is 5.69 Å². The lowest BCUT2D eigenvalue weighted by molar-refractivity contribution is 0.0519. The van der Waals surface area contributed by atoms with Crippen LogP contribution in [0.15, 0.2) is 10.7 Å². The molecule has 0 spiro atoms. The van der Waals surface area contributed by atoms with Crippen molar-refractivity contribution < 1.29 is 18.7 Å². The summed E-state index contributed by atoms with van der Waals surface area (Å²) in [7, 11) is 0. The zero-order chi connectivity index (χ0) is 12.8. The normalized spacial score (nSPS) is 18.8. The first-order chi connectivity index (χ1) is 8.79. The van der Waals surface area contributed by atoms with E-state index >= 15 is 0 Å². The molecule has 0 amide bonds. The van der Waals surface area contributed by atoms with E-state index in [0.717, 1.165) is 25.9 Å². The minimum absolute atomic E-state index is 0.191. The Kier molecular flexibility index (Phi) is 4.58. The molecule has 18 heavy (non-hydrogen) atoms. The molecule has 1 N–H and O–H groups in total. The van der Waals surface area contributed by atoms with E-state index in [9.17, 15) is 4.79 Å². The molecule has 1 unspecified atom stereocenters. The number of oxazole rings is 1. The number of carbonyl (C=O) groups excluding carboxylic acids is 1. The first-order valence-corrected chi connectivity index (χ1v) is 6.27. The van der Waals surface area contributed by atoms with Crippen LogP contribution in [0, 0.1) is 0 Å². The van der Waals surface area contributed by atoms with Crippen molar-refractivity contribution >= 4 is 12.0 Å². The van der Waals surface area contributed by atoms with E-state index in [2.05, 4.69) is 10.3 Å². The van der Waals surface area contributed by atoms with Gasteiger partial charge in [-0.05, 0) is 26.2 Å². The molecule has 0 bridgehead atoms. The number of nitrogens with one attached hydrogen (secondary N) is 1. The van der Waals surface area contributed by atoms with Crippen LogP contribution in [0.2, 0.25) is 0 Å². The standard InChI is InChI=1S/C12H18N2O4/c1-2-16-11(15)10-8-18-12(14-10)13-6-5-9-4-3-7-17-9/h8-9H,2-7H2,1H3,(H,13,14). The number of aromatic nitrogens is 1. The van der Waals surface area contributed by atoms with Gasteiger partial charge in [0, 0.05) is 13.2 Å². The van der Waals surface area contributed by atoms with Crippen molar-refractivity contribution in [1.82, 2.24) is 4.98 Å². The summed E-state index contributed by atoms with van der Waals surface area (Å²) in [6, 6.07) is 0.344. The number of esters is 1. The molecule has 1 saturated heterocycles. The number of rotatable bonds is 6. The summed E-state index contributed by atoms with van der Waals surface area (Å²) in [4.78, 5) is 15.3. The number of anilines is 1. The average molecular weight is 254 g/mol. The number of ether oxygens (including phenoxy) is 2. The zero-order valence-electron chi connectivity index (χ0n) is 10.5. The lowest BCUT2D eigenvalue weighted by Crippen LogP contribution is -2.12. The lowest BCUT2D eigenvalue weighted by atomic mass is 10.2. The monoisotopic (exact) mass is 254 g/mol. The fourth-order valence-corrected chi connectivity index (χ4v) is 1.87. The smallest absolute Gasteiger partial charge is 0.360 e. The van der Waals surface area contributed by atoms with Crippen molar-refractivity contribution in [2.24, 2.45) is 0 Å². The summed E-state index contributed by atoms with van der Waals surface area (Å²) in [6.07, 6.45) is 4.79. The van der Waals surface area contributed by atoms with Gasteiger partial charge in [-0.3, -0.25) is 0 Å². The molecule has 0 radical (unpaired) electrons. The van der Waals surface area contributed by atoms with Crippen molar-refractivity contribution in [3.8, 4) is 0 Å². The molecule has 100 valence electrons. The van der Waals surface area contributed by atoms with E-state index in [1.807, 2.05) is 0 Å². The summed E-state index contributed by atoms with van der Waals surface area (Å²) in [5, 5.41) is 3.02. The molecule has 2 rings (SSSR count). The summed E-state index contributed by atoms with van der Waals surface area (Å²) < 4.78 is 15.5. The van der Waals surface area contributed by atoms with Gasteiger partial charge in [-0.25, -0.2) is 4.79 Å². The average Bonchev–Trinajstić information content (AvgIpc) is 3.00. The lowest BCUT2D eigenvalue weighted by Gasteiger charge is -2.08. The van der Waals surface area contributed by atoms with Crippen LogP contribution in [0.25, 0.3) is 0 Å². The molecule has 1 aliphatic rings. The van der Waals surface area contributed by atoms with Gasteiger partial charge in [0.25, 0.3) is 6.01 Å². The number of hydrogen-bond acceptors (Lipinski definition) is 6. The number of nitrogens with zero attached hydrogens (tertiary/aromatic N) is 1. The van der Waals surface area contributed by atoms with Gasteiger partial charge < -0.3 is 19.2 Å². The van der Waals surface area contributed by atoms with Gasteiger partial charge >= 0.3 is 5.97 Å². The largest absolute Gasteiger partial charge is 0.461 e. The summed E-state index contributed by atoms with van der Waals surface area (Å²) in [5.41, 5.74) is 0.191. The minimum atomic E-state index is -0.464. The van der Waals surface area contributed by atoms with Gasteiger partial charge in [0.2, 0.25) is 0 Å². The zero-order valence-corrected chi connectivity index (χ0v) is 10.5. The first kappa shape index (κ1) is 12.9. The molecule has 1 atom stereocenters. The Balaban J connectivity index is 1.74. The van der Waals surface area contributed by atoms with E-state index in [1.54, 1.807) is 6.92 Å². The third-order valence-corrected chi connectivity index (χ3v) is 2.76. The molecular weight excluding hydrogens is 236 g/mol. The molecule has 6 nitrogen and oxygen atoms in total. The molecule has 0 aromatic carbocycles. The van der Waals surface area contributed by atoms with Crippen molar-refractivity contribution in [3.05, 3.63) is 12.0 Å². The van der Waals surface area contributed by atoms with Gasteiger partial charge in [0.05, 0.1) is 12.7 Å². The first-order valence-electron chi connectivity index (χ1n) is 6.27. The number of carbonyl (C=O) groups is 1. The Hall–Kier alpha value is -1.56. The Bertz CT molecular complexity index is 385. The van der Waals surface area contributed by atoms with Crippen LogP contribution in [0.4, 0.5) is 6.01 Å². The maximum atomic E-state index is 11.3. The maximum absolute atomic E-state index is 11.3. The minimum Gasteiger partial charge on any atom is -0.461 e. The Labute approximate surface area is 106 Å². The summed E-state index contributed by atoms with van der Waals surface area (Å²) in [5.74, 6) is -0.464. The van der Waals surface area contributed by atoms with E-state index < -0.39 is 5.97 Å². The molecule has 0 aliphatic carbocycles. The third-order valence-electron chi connectivity index (χ3n) is 2.76. The Morgan fingerprint density at radius 2 is 2.56 bits per heavy atom. The highest BCUT2D eigenvalue weighted by atomic mass is 16.5. The van der Waals surface area contributed by atoms with E-state index in [0.29, 0.717) is 25.3 Å². The molecule has 1 aromatic heterocycles. The highest BCUT2D eigenvalue weighted by molar-refractivity contribution is 5.87. The van der Waals surface area contributed by atoms with Crippen LogP contribution in [0.5, 0.6) is 0 Å². The SMILES string of the molecule is CCOC(=O)c1coc(NCCC2CCCO2)n1. The van der Waals surface area contributed by atoms with Gasteiger partial charge in [-0.15, -0.1) is 0 Å². The maximum Gasteiger partial charge on any atom is 0.360 e. The van der Waals surface area contributed by atoms with Crippen LogP contribution in [0.3, 0.4) is 0 Å². The topological polar surface area (TPSA) is 73.6 Å². The molecule has 1 fully saturated rings. The predicted molar refractivity (Wildman–Crippen MR) is 64.5 cm³/mol. The quantitative estimate of drug-likeness (QED) is 0.781. The van der Waals surface area contributed by atoms with Crippen LogP contribution in [-0.4, -0.2) is 36.8 Å². The Morgan fingerprint density at radius 1 is 1.67 bits per heavy atom. The van der Waals surface area contributed by atoms with Crippen molar-refractivity contribution in [2.45, 2.75) is 32.3 Å². The van der Waals surface area contributed by atoms with Crippen molar-refractivity contribution in [1.29, 1.82) is 0 Å². The van der Waals surface area contributed by atoms with Crippen LogP contribution < -0.4 is 5.32 Å². The van der Waals surface area contributed by atoms with Gasteiger partial charge in [-0.1, -0.05) is 0 Å². The summed E-state index contributed by atoms with van der Waals surface area (Å²) in [6.45, 7) is 3.65. The third kappa shape index (κ3) is 3.46. The van der Waals surface area contributed by atoms with E-state index in [-0.39, 0.29) is 5.69 Å². The van der Waals surface area contributed by atoms with E-state index in [1.165, 1.54) is 6.26 Å². The fraction of sp³-hybridized carbons (Fsp3) is 0.667. The Morgan fingerprint density at radius 3 is 3.28 bits per heavy atom. The summed E-state index contributed by atoms with van der Waals surface area (Å²) >= 11 is 0. The predicted octanol–water partition coefficient (Wildman–Crippen LogP) is 1.83.